The normalized spacial score (nSPS) is 14.4. The Bertz CT molecular complexity index is 1730. The van der Waals surface area contributed by atoms with E-state index in [-0.39, 0.29) is 52.4 Å². The summed E-state index contributed by atoms with van der Waals surface area (Å²) in [7, 11) is -4.23. The second-order valence-electron chi connectivity index (χ2n) is 8.29. The van der Waals surface area contributed by atoms with Crippen LogP contribution in [0, 0.1) is 29.2 Å². The lowest BCUT2D eigenvalue weighted by atomic mass is 9.95. The third kappa shape index (κ3) is 7.46. The number of allylic oxidation sites excluding steroid dienone is 7. The monoisotopic (exact) mass is 572 g/mol. The lowest BCUT2D eigenvalue weighted by Gasteiger charge is -2.17. The van der Waals surface area contributed by atoms with Crippen LogP contribution >= 0.6 is 0 Å². The van der Waals surface area contributed by atoms with Crippen molar-refractivity contribution in [2.24, 2.45) is 0 Å². The van der Waals surface area contributed by atoms with Crippen LogP contribution in [0.3, 0.4) is 0 Å². The van der Waals surface area contributed by atoms with Crippen LogP contribution in [-0.2, 0) is 10.1 Å². The number of carboxylic acids is 2. The average molecular weight is 573 g/mol. The maximum Gasteiger partial charge on any atom is 0.335 e. The van der Waals surface area contributed by atoms with Gasteiger partial charge in [0, 0.05) is 12.1 Å². The highest BCUT2D eigenvalue weighted by Crippen LogP contribution is 2.40. The van der Waals surface area contributed by atoms with Gasteiger partial charge in [0.25, 0.3) is 15.8 Å². The van der Waals surface area contributed by atoms with Gasteiger partial charge in [-0.15, -0.1) is 0 Å². The summed E-state index contributed by atoms with van der Waals surface area (Å²) in [5.74, 6) is -2.34. The molecule has 2 aromatic carbocycles. The summed E-state index contributed by atoms with van der Waals surface area (Å²) in [6, 6.07) is 13.2. The Balaban J connectivity index is 1.96. The summed E-state index contributed by atoms with van der Waals surface area (Å²) in [6.45, 7) is 7.40. The predicted molar refractivity (Wildman–Crippen MR) is 146 cm³/mol. The van der Waals surface area contributed by atoms with Crippen LogP contribution in [0.4, 0.5) is 5.69 Å². The zero-order valence-corrected chi connectivity index (χ0v) is 21.9. The third-order valence-electron chi connectivity index (χ3n) is 5.64. The number of hydrogen-bond acceptors (Lipinski definition) is 8. The molecule has 0 aromatic heterocycles. The molecule has 0 spiro atoms. The van der Waals surface area contributed by atoms with Crippen molar-refractivity contribution in [2.75, 3.05) is 17.2 Å². The van der Waals surface area contributed by atoms with Gasteiger partial charge in [-0.2, -0.15) is 13.7 Å². The molecule has 0 bridgehead atoms. The van der Waals surface area contributed by atoms with Crippen LogP contribution in [0.25, 0.3) is 10.4 Å². The van der Waals surface area contributed by atoms with Gasteiger partial charge in [0.05, 0.1) is 46.9 Å². The smallest absolute Gasteiger partial charge is 0.335 e. The molecule has 0 radical (unpaired) electrons. The van der Waals surface area contributed by atoms with E-state index in [4.69, 9.17) is 21.0 Å². The molecule has 0 amide bonds. The first kappa shape index (κ1) is 29.9. The van der Waals surface area contributed by atoms with Crippen molar-refractivity contribution in [3.8, 4) is 17.9 Å². The van der Waals surface area contributed by atoms with Gasteiger partial charge in [-0.3, -0.25) is 4.55 Å². The van der Waals surface area contributed by atoms with E-state index in [1.807, 2.05) is 6.07 Å². The molecule has 2 aromatic rings. The minimum atomic E-state index is -4.23. The molecule has 3 rings (SSSR count). The summed E-state index contributed by atoms with van der Waals surface area (Å²) < 4.78 is 37.2. The topological polar surface area (TPSA) is 193 Å². The molecular weight excluding hydrogens is 552 g/mol. The zero-order valence-electron chi connectivity index (χ0n) is 21.1. The van der Waals surface area contributed by atoms with E-state index < -0.39 is 27.8 Å². The quantitative estimate of drug-likeness (QED) is 0.159. The summed E-state index contributed by atoms with van der Waals surface area (Å²) in [4.78, 5) is 27.3. The fourth-order valence-electron chi connectivity index (χ4n) is 3.80. The fourth-order valence-corrected chi connectivity index (χ4v) is 4.29. The number of nitriles is 2. The molecule has 1 aliphatic rings. The molecule has 206 valence electrons. The largest absolute Gasteiger partial charge is 0.478 e. The minimum absolute atomic E-state index is 0.000847. The highest BCUT2D eigenvalue weighted by Gasteiger charge is 2.27. The molecule has 0 saturated heterocycles. The van der Waals surface area contributed by atoms with Gasteiger partial charge < -0.3 is 19.8 Å². The van der Waals surface area contributed by atoms with Gasteiger partial charge in [-0.25, -0.2) is 19.7 Å². The van der Waals surface area contributed by atoms with E-state index in [1.54, 1.807) is 6.07 Å². The summed E-state index contributed by atoms with van der Waals surface area (Å²) in [6.07, 6.45) is 5.72. The number of nitrogens with zero attached hydrogens (tertiary/aromatic N) is 4. The number of fused-ring (bicyclic) bond motifs is 1. The molecule has 0 unspecified atom stereocenters. The molecule has 3 N–H and O–H groups in total. The number of carboxylic acid groups (broad SMARTS) is 2. The van der Waals surface area contributed by atoms with Gasteiger partial charge in [0.15, 0.2) is 5.75 Å². The van der Waals surface area contributed by atoms with Gasteiger partial charge in [-0.1, -0.05) is 24.3 Å². The SMILES string of the molecule is [C-]#[N+]/C(C#N)=C(/C(C#N)=C/C=C/C=C1\Oc2ccc(C(=O)O)cc2N1CCCS(=O)(=O)O)c1ccc(C(=O)O)cc1. The Kier molecular flexibility index (Phi) is 9.41. The van der Waals surface area contributed by atoms with Crippen LogP contribution in [-0.4, -0.2) is 47.4 Å². The minimum Gasteiger partial charge on any atom is -0.478 e. The van der Waals surface area contributed by atoms with E-state index in [0.29, 0.717) is 11.4 Å². The third-order valence-corrected chi connectivity index (χ3v) is 6.44. The van der Waals surface area contributed by atoms with Crippen LogP contribution < -0.4 is 9.64 Å². The Hall–Kier alpha value is -5.68. The summed E-state index contributed by atoms with van der Waals surface area (Å²) in [5.41, 5.74) is 0.210. The maximum absolute atomic E-state index is 11.4. The second kappa shape index (κ2) is 12.9. The van der Waals surface area contributed by atoms with Gasteiger partial charge in [0.2, 0.25) is 5.88 Å². The predicted octanol–water partition coefficient (Wildman–Crippen LogP) is 4.26. The highest BCUT2D eigenvalue weighted by atomic mass is 32.2. The van der Waals surface area contributed by atoms with Crippen LogP contribution in [0.2, 0.25) is 0 Å². The maximum atomic E-state index is 11.4. The van der Waals surface area contributed by atoms with E-state index in [0.717, 1.165) is 0 Å². The van der Waals surface area contributed by atoms with E-state index in [1.165, 1.54) is 71.7 Å². The first-order chi connectivity index (χ1) is 19.5. The van der Waals surface area contributed by atoms with Crippen molar-refractivity contribution in [2.45, 2.75) is 6.42 Å². The van der Waals surface area contributed by atoms with E-state index >= 15 is 0 Å². The van der Waals surface area contributed by atoms with Crippen molar-refractivity contribution < 1.29 is 37.5 Å². The van der Waals surface area contributed by atoms with Gasteiger partial charge in [0.1, 0.15) is 0 Å². The van der Waals surface area contributed by atoms with Crippen molar-refractivity contribution in [3.63, 3.8) is 0 Å². The number of hydrogen-bond donors (Lipinski definition) is 3. The number of ether oxygens (including phenoxy) is 1. The first-order valence-electron chi connectivity index (χ1n) is 11.6. The Labute approximate surface area is 234 Å². The number of carbonyl (C=O) groups is 2. The average Bonchev–Trinajstić information content (AvgIpc) is 3.28. The molecule has 0 saturated carbocycles. The van der Waals surface area contributed by atoms with Crippen molar-refractivity contribution in [3.05, 3.63) is 112 Å². The Morgan fingerprint density at radius 1 is 1.00 bits per heavy atom. The van der Waals surface area contributed by atoms with Crippen molar-refractivity contribution in [1.82, 2.24) is 0 Å². The Morgan fingerprint density at radius 2 is 1.63 bits per heavy atom. The number of anilines is 1. The summed E-state index contributed by atoms with van der Waals surface area (Å²) in [5, 5.41) is 37.7. The standard InChI is InChI=1S/C28H20N4O8S/c1-31-22(17-30)26(18-7-9-19(10-8-18)27(33)34)21(16-29)5-2-3-6-25-32(13-4-14-41(37,38)39)23-15-20(28(35)36)11-12-24(23)40-25/h2-3,5-12,15H,4,13-14H2,(H,33,34)(H,35,36)(H,37,38,39)/b3-2+,21-5+,25-6-,26-22+. The lowest BCUT2D eigenvalue weighted by Crippen LogP contribution is -2.23. The van der Waals surface area contributed by atoms with Crippen LogP contribution in [0.1, 0.15) is 32.7 Å². The molecule has 0 fully saturated rings. The summed E-state index contributed by atoms with van der Waals surface area (Å²) >= 11 is 0. The molecule has 0 atom stereocenters. The molecule has 1 heterocycles. The molecule has 41 heavy (non-hydrogen) atoms. The van der Waals surface area contributed by atoms with Crippen molar-refractivity contribution in [1.29, 1.82) is 10.5 Å². The second-order valence-corrected chi connectivity index (χ2v) is 9.86. The van der Waals surface area contributed by atoms with Gasteiger partial charge >= 0.3 is 11.9 Å². The molecule has 13 heteroatoms. The molecular formula is C28H20N4O8S. The molecule has 0 aliphatic carbocycles. The lowest BCUT2D eigenvalue weighted by molar-refractivity contribution is 0.0686. The number of rotatable bonds is 10. The van der Waals surface area contributed by atoms with Crippen molar-refractivity contribution >= 4 is 33.3 Å². The first-order valence-corrected chi connectivity index (χ1v) is 13.2. The van der Waals surface area contributed by atoms with Gasteiger partial charge in [-0.05, 0) is 54.5 Å². The van der Waals surface area contributed by atoms with E-state index in [9.17, 15) is 33.6 Å². The van der Waals surface area contributed by atoms with Crippen LogP contribution in [0.5, 0.6) is 5.75 Å². The highest BCUT2D eigenvalue weighted by molar-refractivity contribution is 7.85. The molecule has 12 nitrogen and oxygen atoms in total. The number of benzene rings is 2. The Morgan fingerprint density at radius 3 is 2.20 bits per heavy atom. The molecule has 1 aliphatic heterocycles. The fraction of sp³-hybridized carbons (Fsp3) is 0.107. The zero-order chi connectivity index (χ0) is 30.2. The van der Waals surface area contributed by atoms with Crippen LogP contribution in [0.15, 0.2) is 83.9 Å². The van der Waals surface area contributed by atoms with E-state index in [2.05, 4.69) is 4.85 Å². The number of aromatic carboxylic acids is 2.